The van der Waals surface area contributed by atoms with E-state index < -0.39 is 5.97 Å². The van der Waals surface area contributed by atoms with Gasteiger partial charge in [0.05, 0.1) is 11.1 Å². The quantitative estimate of drug-likeness (QED) is 0.619. The lowest BCUT2D eigenvalue weighted by atomic mass is 9.96. The average Bonchev–Trinajstić information content (AvgIpc) is 2.31. The van der Waals surface area contributed by atoms with Crippen LogP contribution in [0.4, 0.5) is 0 Å². The summed E-state index contributed by atoms with van der Waals surface area (Å²) in [5.74, 6) is -1.43. The summed E-state index contributed by atoms with van der Waals surface area (Å²) in [6.07, 6.45) is 2.35. The highest BCUT2D eigenvalue weighted by Crippen LogP contribution is 2.18. The molecule has 4 nitrogen and oxygen atoms in total. The van der Waals surface area contributed by atoms with E-state index >= 15 is 0 Å². The molecule has 18 heavy (non-hydrogen) atoms. The van der Waals surface area contributed by atoms with Gasteiger partial charge >= 0.3 is 5.97 Å². The van der Waals surface area contributed by atoms with Crippen LogP contribution >= 0.6 is 0 Å². The van der Waals surface area contributed by atoms with Gasteiger partial charge in [0.15, 0.2) is 0 Å². The van der Waals surface area contributed by atoms with Gasteiger partial charge < -0.3 is 10.4 Å². The topological polar surface area (TPSA) is 66.4 Å². The van der Waals surface area contributed by atoms with E-state index in [-0.39, 0.29) is 17.0 Å². The van der Waals surface area contributed by atoms with Crippen molar-refractivity contribution in [2.24, 2.45) is 0 Å². The maximum Gasteiger partial charge on any atom is 0.336 e. The van der Waals surface area contributed by atoms with Crippen molar-refractivity contribution in [2.75, 3.05) is 6.54 Å². The Labute approximate surface area is 106 Å². The Kier molecular flexibility index (Phi) is 4.66. The van der Waals surface area contributed by atoms with Gasteiger partial charge in [-0.1, -0.05) is 18.2 Å². The van der Waals surface area contributed by atoms with Crippen molar-refractivity contribution >= 4 is 11.9 Å². The fourth-order valence-electron chi connectivity index (χ4n) is 1.76. The molecule has 0 aromatic heterocycles. The SMILES string of the molecule is C=CCCNC(=O)c1c(C)ccc(C)c1C(=O)O. The van der Waals surface area contributed by atoms with Gasteiger partial charge in [0.1, 0.15) is 0 Å². The number of carbonyl (C=O) groups is 2. The molecule has 1 aromatic carbocycles. The summed E-state index contributed by atoms with van der Waals surface area (Å²) in [7, 11) is 0. The minimum atomic E-state index is -1.08. The molecule has 4 heteroatoms. The number of hydrogen-bond donors (Lipinski definition) is 2. The molecule has 1 aromatic rings. The average molecular weight is 247 g/mol. The number of nitrogens with one attached hydrogen (secondary N) is 1. The molecular formula is C14H17NO3. The molecular weight excluding hydrogens is 230 g/mol. The van der Waals surface area contributed by atoms with Gasteiger partial charge in [0, 0.05) is 6.54 Å². The third-order valence-corrected chi connectivity index (χ3v) is 2.70. The van der Waals surface area contributed by atoms with E-state index in [4.69, 9.17) is 0 Å². The summed E-state index contributed by atoms with van der Waals surface area (Å²) in [6.45, 7) is 7.43. The normalized spacial score (nSPS) is 9.89. The van der Waals surface area contributed by atoms with Crippen LogP contribution in [0.25, 0.3) is 0 Å². The van der Waals surface area contributed by atoms with Gasteiger partial charge in [-0.3, -0.25) is 4.79 Å². The first-order valence-electron chi connectivity index (χ1n) is 5.71. The third kappa shape index (κ3) is 2.97. The Bertz CT molecular complexity index is 492. The van der Waals surface area contributed by atoms with Crippen LogP contribution in [0.2, 0.25) is 0 Å². The molecule has 1 rings (SSSR count). The van der Waals surface area contributed by atoms with Crippen LogP contribution < -0.4 is 5.32 Å². The predicted molar refractivity (Wildman–Crippen MR) is 70.0 cm³/mol. The summed E-state index contributed by atoms with van der Waals surface area (Å²) in [4.78, 5) is 23.2. The van der Waals surface area contributed by atoms with Crippen LogP contribution in [0.3, 0.4) is 0 Å². The van der Waals surface area contributed by atoms with Crippen molar-refractivity contribution < 1.29 is 14.7 Å². The highest BCUT2D eigenvalue weighted by atomic mass is 16.4. The number of hydrogen-bond acceptors (Lipinski definition) is 2. The zero-order chi connectivity index (χ0) is 13.7. The van der Waals surface area contributed by atoms with Gasteiger partial charge in [0.2, 0.25) is 0 Å². The molecule has 0 heterocycles. The van der Waals surface area contributed by atoms with E-state index in [2.05, 4.69) is 11.9 Å². The number of rotatable bonds is 5. The molecule has 0 bridgehead atoms. The molecule has 0 saturated carbocycles. The lowest BCUT2D eigenvalue weighted by Gasteiger charge is -2.12. The third-order valence-electron chi connectivity index (χ3n) is 2.70. The first-order valence-corrected chi connectivity index (χ1v) is 5.71. The molecule has 0 unspecified atom stereocenters. The summed E-state index contributed by atoms with van der Waals surface area (Å²) in [6, 6.07) is 3.46. The fraction of sp³-hybridized carbons (Fsp3) is 0.286. The summed E-state index contributed by atoms with van der Waals surface area (Å²) >= 11 is 0. The Balaban J connectivity index is 3.13. The number of aromatic carboxylic acids is 1. The zero-order valence-corrected chi connectivity index (χ0v) is 10.6. The maximum atomic E-state index is 12.0. The van der Waals surface area contributed by atoms with Crippen molar-refractivity contribution in [3.63, 3.8) is 0 Å². The lowest BCUT2D eigenvalue weighted by molar-refractivity contribution is 0.0690. The summed E-state index contributed by atoms with van der Waals surface area (Å²) in [5, 5.41) is 11.9. The smallest absolute Gasteiger partial charge is 0.336 e. The number of benzene rings is 1. The van der Waals surface area contributed by atoms with E-state index in [0.717, 1.165) is 0 Å². The molecule has 2 N–H and O–H groups in total. The molecule has 0 fully saturated rings. The van der Waals surface area contributed by atoms with Gasteiger partial charge in [-0.25, -0.2) is 4.79 Å². The highest BCUT2D eigenvalue weighted by molar-refractivity contribution is 6.06. The first kappa shape index (κ1) is 14.0. The Morgan fingerprint density at radius 1 is 1.28 bits per heavy atom. The minimum Gasteiger partial charge on any atom is -0.478 e. The molecule has 96 valence electrons. The van der Waals surface area contributed by atoms with Crippen LogP contribution in [0.1, 0.15) is 38.3 Å². The second-order valence-corrected chi connectivity index (χ2v) is 4.09. The molecule has 0 radical (unpaired) electrons. The second kappa shape index (κ2) is 6.00. The highest BCUT2D eigenvalue weighted by Gasteiger charge is 2.20. The molecule has 1 amide bonds. The van der Waals surface area contributed by atoms with Crippen LogP contribution in [-0.2, 0) is 0 Å². The molecule has 0 saturated heterocycles. The molecule has 0 aliphatic carbocycles. The molecule has 0 spiro atoms. The molecule has 0 atom stereocenters. The standard InChI is InChI=1S/C14H17NO3/c1-4-5-8-15-13(16)11-9(2)6-7-10(3)12(11)14(17)18/h4,6-7H,1,5,8H2,2-3H3,(H,15,16)(H,17,18). The second-order valence-electron chi connectivity index (χ2n) is 4.09. The van der Waals surface area contributed by atoms with Gasteiger partial charge in [-0.15, -0.1) is 6.58 Å². The van der Waals surface area contributed by atoms with E-state index in [0.29, 0.717) is 24.1 Å². The maximum absolute atomic E-state index is 12.0. The van der Waals surface area contributed by atoms with Crippen molar-refractivity contribution in [1.29, 1.82) is 0 Å². The Morgan fingerprint density at radius 2 is 1.83 bits per heavy atom. The largest absolute Gasteiger partial charge is 0.478 e. The Morgan fingerprint density at radius 3 is 2.33 bits per heavy atom. The zero-order valence-electron chi connectivity index (χ0n) is 10.6. The van der Waals surface area contributed by atoms with E-state index in [1.54, 1.807) is 32.1 Å². The number of carboxylic acids is 1. The minimum absolute atomic E-state index is 0.0751. The van der Waals surface area contributed by atoms with Crippen molar-refractivity contribution in [1.82, 2.24) is 5.32 Å². The first-order chi connectivity index (χ1) is 8.49. The van der Waals surface area contributed by atoms with Crippen LogP contribution in [0.15, 0.2) is 24.8 Å². The predicted octanol–water partition coefficient (Wildman–Crippen LogP) is 2.31. The number of carboxylic acid groups (broad SMARTS) is 1. The van der Waals surface area contributed by atoms with E-state index in [1.807, 2.05) is 0 Å². The Hall–Kier alpha value is -2.10. The number of aryl methyl sites for hydroxylation is 2. The van der Waals surface area contributed by atoms with Crippen molar-refractivity contribution in [3.8, 4) is 0 Å². The van der Waals surface area contributed by atoms with Crippen molar-refractivity contribution in [3.05, 3.63) is 47.0 Å². The number of carbonyl (C=O) groups excluding carboxylic acids is 1. The monoisotopic (exact) mass is 247 g/mol. The molecule has 0 aliphatic heterocycles. The van der Waals surface area contributed by atoms with Gasteiger partial charge in [-0.2, -0.15) is 0 Å². The lowest BCUT2D eigenvalue weighted by Crippen LogP contribution is -2.27. The van der Waals surface area contributed by atoms with Crippen LogP contribution in [0.5, 0.6) is 0 Å². The fourth-order valence-corrected chi connectivity index (χ4v) is 1.76. The van der Waals surface area contributed by atoms with Crippen LogP contribution in [-0.4, -0.2) is 23.5 Å². The van der Waals surface area contributed by atoms with E-state index in [1.165, 1.54) is 0 Å². The summed E-state index contributed by atoms with van der Waals surface area (Å²) < 4.78 is 0. The van der Waals surface area contributed by atoms with Crippen LogP contribution in [0, 0.1) is 13.8 Å². The van der Waals surface area contributed by atoms with Gasteiger partial charge in [0.25, 0.3) is 5.91 Å². The van der Waals surface area contributed by atoms with Gasteiger partial charge in [-0.05, 0) is 31.4 Å². The summed E-state index contributed by atoms with van der Waals surface area (Å²) in [5.41, 5.74) is 1.56. The molecule has 0 aliphatic rings. The van der Waals surface area contributed by atoms with E-state index in [9.17, 15) is 14.7 Å². The number of amides is 1. The van der Waals surface area contributed by atoms with Crippen molar-refractivity contribution in [2.45, 2.75) is 20.3 Å².